The molecule has 1 rings (SSSR count). The summed E-state index contributed by atoms with van der Waals surface area (Å²) in [6.45, 7) is 0. The Morgan fingerprint density at radius 1 is 1.50 bits per heavy atom. The summed E-state index contributed by atoms with van der Waals surface area (Å²) in [5, 5.41) is 0. The van der Waals surface area contributed by atoms with Crippen LogP contribution in [0.15, 0.2) is 11.6 Å². The quantitative estimate of drug-likeness (QED) is 0.402. The Bertz CT molecular complexity index is 44.0. The van der Waals surface area contributed by atoms with Gasteiger partial charge in [-0.25, -0.2) is 0 Å². The highest BCUT2D eigenvalue weighted by molar-refractivity contribution is 7.94. The first kappa shape index (κ1) is 2.68. The van der Waals surface area contributed by atoms with Crippen molar-refractivity contribution in [2.75, 3.05) is 0 Å². The molecule has 0 aromatic rings. The largest absolute Gasteiger partial charge is 0.0871 e. The molecule has 0 aromatic heterocycles. The van der Waals surface area contributed by atoms with Gasteiger partial charge in [-0.05, 0) is 11.6 Å². The molecule has 0 spiro atoms. The Morgan fingerprint density at radius 2 is 1.75 bits per heavy atom. The molecule has 0 fully saturated rings. The average Bonchev–Trinajstić information content (AvgIpc) is 1.75. The fourth-order valence-corrected chi connectivity index (χ4v) is 0.680. The first-order valence-corrected chi connectivity index (χ1v) is 3.40. The molecule has 2 heteroatoms. The van der Waals surface area contributed by atoms with E-state index in [2.05, 4.69) is 0 Å². The molecule has 0 unspecified atom stereocenters. The predicted octanol–water partition coefficient (Wildman–Crippen LogP) is 2.11. The smallest absolute Gasteiger partial charge is 0.0377 e. The van der Waals surface area contributed by atoms with Crippen molar-refractivity contribution in [1.82, 2.24) is 0 Å². The van der Waals surface area contributed by atoms with Gasteiger partial charge in [-0.3, -0.25) is 0 Å². The molecule has 0 atom stereocenters. The van der Waals surface area contributed by atoms with E-state index in [1.807, 2.05) is 11.6 Å². The zero-order valence-corrected chi connectivity index (χ0v) is 3.63. The van der Waals surface area contributed by atoms with E-state index in [0.29, 0.717) is 0 Å². The minimum atomic E-state index is -0.148. The van der Waals surface area contributed by atoms with Crippen LogP contribution < -0.4 is 0 Å². The first-order valence-electron chi connectivity index (χ1n) is 1.02. The van der Waals surface area contributed by atoms with Crippen molar-refractivity contribution in [3.8, 4) is 0 Å². The predicted molar refractivity (Wildman–Crippen MR) is 21.9 cm³/mol. The third-order valence-corrected chi connectivity index (χ3v) is 1.46. The van der Waals surface area contributed by atoms with Gasteiger partial charge < -0.3 is 0 Å². The highest BCUT2D eigenvalue weighted by Crippen LogP contribution is 2.57. The lowest BCUT2D eigenvalue weighted by atomic mass is 11.3. The molecule has 1 heterocycles. The van der Waals surface area contributed by atoms with Crippen molar-refractivity contribution in [2.24, 2.45) is 0 Å². The second kappa shape index (κ2) is 0.702. The standard InChI is InChI=1S/C2H2ClP/c3-4-1-2-4/h1-2H. The Morgan fingerprint density at radius 3 is 1.75 bits per heavy atom. The summed E-state index contributed by atoms with van der Waals surface area (Å²) in [6, 6.07) is 0. The number of hydrogen-bond donors (Lipinski definition) is 0. The summed E-state index contributed by atoms with van der Waals surface area (Å²) in [5.74, 6) is 3.99. The maximum Gasteiger partial charge on any atom is 0.0377 e. The van der Waals surface area contributed by atoms with Crippen LogP contribution in [0.2, 0.25) is 0 Å². The second-order valence-electron chi connectivity index (χ2n) is 0.642. The van der Waals surface area contributed by atoms with Gasteiger partial charge in [0.1, 0.15) is 0 Å². The molecule has 22 valence electrons. The van der Waals surface area contributed by atoms with E-state index >= 15 is 0 Å². The Balaban J connectivity index is 2.32. The number of rotatable bonds is 0. The molecular weight excluding hydrogens is 90.4 g/mol. The van der Waals surface area contributed by atoms with Crippen LogP contribution in [-0.4, -0.2) is 0 Å². The van der Waals surface area contributed by atoms with E-state index in [1.54, 1.807) is 0 Å². The molecule has 0 nitrogen and oxygen atoms in total. The normalized spacial score (nSPS) is 22.2. The highest BCUT2D eigenvalue weighted by Gasteiger charge is 2.01. The van der Waals surface area contributed by atoms with Gasteiger partial charge in [-0.2, -0.15) is 0 Å². The fourth-order valence-electron chi connectivity index (χ4n) is 0.0252. The average molecular weight is 92.5 g/mol. The van der Waals surface area contributed by atoms with Crippen LogP contribution >= 0.6 is 18.5 Å². The Hall–Kier alpha value is 0.460. The molecule has 0 aromatic carbocycles. The Kier molecular flexibility index (Phi) is 0.471. The van der Waals surface area contributed by atoms with Crippen molar-refractivity contribution in [3.05, 3.63) is 11.6 Å². The van der Waals surface area contributed by atoms with Crippen LogP contribution in [0.25, 0.3) is 0 Å². The summed E-state index contributed by atoms with van der Waals surface area (Å²) in [7, 11) is -0.148. The lowest BCUT2D eigenvalue weighted by molar-refractivity contribution is 2.81. The molecule has 1 aliphatic heterocycles. The first-order chi connectivity index (χ1) is 1.89. The lowest BCUT2D eigenvalue weighted by Crippen LogP contribution is -0.901. The summed E-state index contributed by atoms with van der Waals surface area (Å²) in [6.07, 6.45) is 0. The van der Waals surface area contributed by atoms with Crippen molar-refractivity contribution in [3.63, 3.8) is 0 Å². The van der Waals surface area contributed by atoms with E-state index < -0.39 is 0 Å². The molecule has 0 N–H and O–H groups in total. The van der Waals surface area contributed by atoms with Crippen molar-refractivity contribution >= 4 is 18.5 Å². The van der Waals surface area contributed by atoms with Gasteiger partial charge in [0, 0.05) is 7.27 Å². The zero-order valence-electron chi connectivity index (χ0n) is 1.98. The third kappa shape index (κ3) is 0.438. The summed E-state index contributed by atoms with van der Waals surface area (Å²) in [4.78, 5) is 0. The molecule has 1 aliphatic rings. The highest BCUT2D eigenvalue weighted by atomic mass is 35.7. The molecule has 4 heavy (non-hydrogen) atoms. The lowest BCUT2D eigenvalue weighted by Gasteiger charge is -1.55. The van der Waals surface area contributed by atoms with Crippen molar-refractivity contribution in [1.29, 1.82) is 0 Å². The SMILES string of the molecule is ClP1C=C1. The van der Waals surface area contributed by atoms with Gasteiger partial charge in [-0.15, -0.1) is 0 Å². The van der Waals surface area contributed by atoms with Crippen LogP contribution in [0.3, 0.4) is 0 Å². The van der Waals surface area contributed by atoms with Crippen LogP contribution in [0.5, 0.6) is 0 Å². The van der Waals surface area contributed by atoms with Crippen molar-refractivity contribution < 1.29 is 0 Å². The molecule has 0 saturated heterocycles. The maximum absolute atomic E-state index is 5.34. The Labute approximate surface area is 31.0 Å². The van der Waals surface area contributed by atoms with Crippen LogP contribution in [-0.2, 0) is 0 Å². The van der Waals surface area contributed by atoms with Crippen LogP contribution in [0.1, 0.15) is 0 Å². The van der Waals surface area contributed by atoms with Crippen molar-refractivity contribution in [2.45, 2.75) is 0 Å². The van der Waals surface area contributed by atoms with E-state index in [-0.39, 0.29) is 7.27 Å². The maximum atomic E-state index is 5.34. The van der Waals surface area contributed by atoms with Gasteiger partial charge in [0.15, 0.2) is 0 Å². The minimum absolute atomic E-state index is 0.148. The zero-order chi connectivity index (χ0) is 2.99. The van der Waals surface area contributed by atoms with Crippen LogP contribution in [0.4, 0.5) is 0 Å². The van der Waals surface area contributed by atoms with E-state index in [4.69, 9.17) is 11.2 Å². The van der Waals surface area contributed by atoms with Gasteiger partial charge >= 0.3 is 0 Å². The molecule has 0 radical (unpaired) electrons. The summed E-state index contributed by atoms with van der Waals surface area (Å²) < 4.78 is 0. The van der Waals surface area contributed by atoms with Crippen LogP contribution in [0, 0.1) is 0 Å². The van der Waals surface area contributed by atoms with Gasteiger partial charge in [0.2, 0.25) is 0 Å². The number of halogens is 1. The second-order valence-corrected chi connectivity index (χ2v) is 3.10. The van der Waals surface area contributed by atoms with E-state index in [1.165, 1.54) is 0 Å². The molecule has 0 bridgehead atoms. The van der Waals surface area contributed by atoms with Gasteiger partial charge in [-0.1, -0.05) is 11.2 Å². The number of hydrogen-bond acceptors (Lipinski definition) is 0. The fraction of sp³-hybridized carbons (Fsp3) is 0. The molecule has 0 amide bonds. The topological polar surface area (TPSA) is 0 Å². The molecule has 0 saturated carbocycles. The van der Waals surface area contributed by atoms with Gasteiger partial charge in [0.05, 0.1) is 0 Å². The summed E-state index contributed by atoms with van der Waals surface area (Å²) >= 11 is 5.34. The minimum Gasteiger partial charge on any atom is -0.0871 e. The molecular formula is C2H2ClP. The molecule has 0 aliphatic carbocycles. The van der Waals surface area contributed by atoms with Gasteiger partial charge in [0.25, 0.3) is 0 Å². The third-order valence-electron chi connectivity index (χ3n) is 0.262. The van der Waals surface area contributed by atoms with E-state index in [9.17, 15) is 0 Å². The van der Waals surface area contributed by atoms with E-state index in [0.717, 1.165) is 0 Å². The summed E-state index contributed by atoms with van der Waals surface area (Å²) in [5.41, 5.74) is 0. The monoisotopic (exact) mass is 92.0 g/mol.